The van der Waals surface area contributed by atoms with Crippen LogP contribution in [0, 0.1) is 0 Å². The molecule has 32 heavy (non-hydrogen) atoms. The number of aromatic nitrogens is 2. The second-order valence-corrected chi connectivity index (χ2v) is 7.30. The quantitative estimate of drug-likeness (QED) is 0.632. The Morgan fingerprint density at radius 3 is 2.72 bits per heavy atom. The molecule has 6 nitrogen and oxygen atoms in total. The Labute approximate surface area is 185 Å². The maximum Gasteiger partial charge on any atom is 0.493 e. The summed E-state index contributed by atoms with van der Waals surface area (Å²) < 4.78 is 39.3. The van der Waals surface area contributed by atoms with Crippen molar-refractivity contribution in [1.82, 2.24) is 15.0 Å². The number of hydrogen-bond donors (Lipinski definition) is 1. The summed E-state index contributed by atoms with van der Waals surface area (Å²) in [6.07, 6.45) is -0.0887. The number of pyridine rings is 1. The van der Waals surface area contributed by atoms with E-state index in [0.717, 1.165) is 10.3 Å². The third-order valence-corrected chi connectivity index (χ3v) is 5.11. The van der Waals surface area contributed by atoms with E-state index in [0.29, 0.717) is 16.3 Å². The highest BCUT2D eigenvalue weighted by atomic mass is 35.5. The molecule has 0 atom stereocenters. The normalized spacial score (nSPS) is 13.7. The zero-order valence-corrected chi connectivity index (χ0v) is 17.1. The van der Waals surface area contributed by atoms with E-state index in [-0.39, 0.29) is 29.9 Å². The molecule has 0 aliphatic carbocycles. The average Bonchev–Trinajstić information content (AvgIpc) is 3.12. The van der Waals surface area contributed by atoms with Crippen molar-refractivity contribution >= 4 is 35.6 Å². The lowest BCUT2D eigenvalue weighted by molar-refractivity contribution is -0.199. The van der Waals surface area contributed by atoms with E-state index in [2.05, 4.69) is 15.1 Å². The molecule has 0 fully saturated rings. The molecular formula is C22H15ClF3N3O3. The van der Waals surface area contributed by atoms with Crippen LogP contribution >= 0.6 is 11.6 Å². The second-order valence-electron chi connectivity index (χ2n) is 6.89. The van der Waals surface area contributed by atoms with E-state index >= 15 is 0 Å². The molecular weight excluding hydrogens is 447 g/mol. The van der Waals surface area contributed by atoms with E-state index in [1.54, 1.807) is 36.4 Å². The van der Waals surface area contributed by atoms with Crippen molar-refractivity contribution in [2.45, 2.75) is 12.6 Å². The Morgan fingerprint density at radius 2 is 1.97 bits per heavy atom. The Kier molecular flexibility index (Phi) is 5.75. The maximum atomic E-state index is 12.8. The molecule has 2 aromatic heterocycles. The Hall–Kier alpha value is -3.59. The zero-order valence-electron chi connectivity index (χ0n) is 16.3. The van der Waals surface area contributed by atoms with Gasteiger partial charge in [0.2, 0.25) is 0 Å². The number of halogens is 4. The van der Waals surface area contributed by atoms with E-state index in [4.69, 9.17) is 11.6 Å². The van der Waals surface area contributed by atoms with Gasteiger partial charge in [-0.25, -0.2) is 4.79 Å². The molecule has 0 spiro atoms. The topological polar surface area (TPSA) is 73.2 Å². The van der Waals surface area contributed by atoms with Crippen LogP contribution in [0.2, 0.25) is 5.02 Å². The first-order valence-corrected chi connectivity index (χ1v) is 9.83. The van der Waals surface area contributed by atoms with E-state index < -0.39 is 18.1 Å². The fourth-order valence-electron chi connectivity index (χ4n) is 3.28. The molecule has 0 bridgehead atoms. The lowest BCUT2D eigenvalue weighted by atomic mass is 10.1. The van der Waals surface area contributed by atoms with Gasteiger partial charge in [0.15, 0.2) is 0 Å². The highest BCUT2D eigenvalue weighted by molar-refractivity contribution is 6.32. The molecule has 1 aliphatic rings. The van der Waals surface area contributed by atoms with Crippen LogP contribution in [0.5, 0.6) is 0 Å². The SMILES string of the molecule is O=C1NCCc2c1cc(-c1ccnc(C=Cc3ccccc3Cl)c1)n2OC(=O)C(F)(F)F. The molecule has 1 amide bonds. The summed E-state index contributed by atoms with van der Waals surface area (Å²) in [5, 5.41) is 3.17. The van der Waals surface area contributed by atoms with Gasteiger partial charge in [-0.3, -0.25) is 9.78 Å². The lowest BCUT2D eigenvalue weighted by Crippen LogP contribution is -2.37. The van der Waals surface area contributed by atoms with Crippen LogP contribution in [0.15, 0.2) is 48.7 Å². The van der Waals surface area contributed by atoms with Gasteiger partial charge >= 0.3 is 12.1 Å². The van der Waals surface area contributed by atoms with Crippen LogP contribution in [-0.2, 0) is 11.2 Å². The first kappa shape index (κ1) is 21.6. The van der Waals surface area contributed by atoms with Crippen molar-refractivity contribution in [3.63, 3.8) is 0 Å². The van der Waals surface area contributed by atoms with Crippen LogP contribution in [-0.4, -0.2) is 34.3 Å². The standard InChI is InChI=1S/C22H15ClF3N3O3/c23-17-4-2-1-3-13(17)5-6-15-11-14(7-9-27-15)19-12-16-18(8-10-28-20(16)30)29(19)32-21(31)22(24,25)26/h1-7,9,11-12H,8,10H2,(H,28,30). The van der Waals surface area contributed by atoms with Crippen LogP contribution in [0.3, 0.4) is 0 Å². The molecule has 1 aromatic carbocycles. The van der Waals surface area contributed by atoms with Crippen molar-refractivity contribution in [2.75, 3.05) is 6.54 Å². The highest BCUT2D eigenvalue weighted by Gasteiger charge is 2.43. The first-order chi connectivity index (χ1) is 15.2. The van der Waals surface area contributed by atoms with Gasteiger partial charge in [0.05, 0.1) is 22.6 Å². The van der Waals surface area contributed by atoms with Gasteiger partial charge in [-0.1, -0.05) is 35.9 Å². The van der Waals surface area contributed by atoms with Crippen LogP contribution in [0.1, 0.15) is 27.3 Å². The minimum atomic E-state index is -5.19. The molecule has 0 unspecified atom stereocenters. The van der Waals surface area contributed by atoms with Crippen molar-refractivity contribution in [3.05, 3.63) is 76.2 Å². The fourth-order valence-corrected chi connectivity index (χ4v) is 3.48. The van der Waals surface area contributed by atoms with E-state index in [9.17, 15) is 22.8 Å². The Balaban J connectivity index is 1.75. The summed E-state index contributed by atoms with van der Waals surface area (Å²) >= 11 is 6.14. The van der Waals surface area contributed by atoms with Gasteiger partial charge in [-0.15, -0.1) is 0 Å². The molecule has 3 heterocycles. The molecule has 0 saturated heterocycles. The summed E-state index contributed by atoms with van der Waals surface area (Å²) in [4.78, 5) is 32.6. The molecule has 1 aliphatic heterocycles. The minimum absolute atomic E-state index is 0.124. The second kappa shape index (κ2) is 8.51. The molecule has 10 heteroatoms. The van der Waals surface area contributed by atoms with Crippen LogP contribution in [0.25, 0.3) is 23.4 Å². The van der Waals surface area contributed by atoms with Crippen molar-refractivity contribution < 1.29 is 27.6 Å². The van der Waals surface area contributed by atoms with Crippen LogP contribution < -0.4 is 10.2 Å². The minimum Gasteiger partial charge on any atom is -0.352 e. The summed E-state index contributed by atoms with van der Waals surface area (Å²) in [6, 6.07) is 11.7. The zero-order chi connectivity index (χ0) is 22.9. The number of hydrogen-bond acceptors (Lipinski definition) is 4. The third kappa shape index (κ3) is 4.38. The Morgan fingerprint density at radius 1 is 1.19 bits per heavy atom. The monoisotopic (exact) mass is 461 g/mol. The first-order valence-electron chi connectivity index (χ1n) is 9.45. The van der Waals surface area contributed by atoms with Gasteiger partial charge in [0.25, 0.3) is 5.91 Å². The summed E-state index contributed by atoms with van der Waals surface area (Å²) in [7, 11) is 0. The number of alkyl halides is 3. The Bertz CT molecular complexity index is 1230. The number of fused-ring (bicyclic) bond motifs is 1. The number of nitrogens with one attached hydrogen (secondary N) is 1. The van der Waals surface area contributed by atoms with Gasteiger partial charge in [-0.2, -0.15) is 17.9 Å². The molecule has 0 saturated carbocycles. The predicted molar refractivity (Wildman–Crippen MR) is 112 cm³/mol. The number of carbonyl (C=O) groups is 2. The van der Waals surface area contributed by atoms with Gasteiger partial charge in [0.1, 0.15) is 0 Å². The average molecular weight is 462 g/mol. The summed E-state index contributed by atoms with van der Waals surface area (Å²) in [6.45, 7) is 0.209. The fraction of sp³-hybridized carbons (Fsp3) is 0.136. The van der Waals surface area contributed by atoms with E-state index in [1.165, 1.54) is 12.3 Å². The van der Waals surface area contributed by atoms with Crippen LogP contribution in [0.4, 0.5) is 13.2 Å². The number of amides is 1. The van der Waals surface area contributed by atoms with Gasteiger partial charge < -0.3 is 10.2 Å². The van der Waals surface area contributed by atoms with Crippen molar-refractivity contribution in [3.8, 4) is 11.3 Å². The van der Waals surface area contributed by atoms with Gasteiger partial charge in [0, 0.05) is 29.7 Å². The van der Waals surface area contributed by atoms with Crippen molar-refractivity contribution in [2.24, 2.45) is 0 Å². The summed E-state index contributed by atoms with van der Waals surface area (Å²) in [5.74, 6) is -2.83. The number of rotatable bonds is 4. The smallest absolute Gasteiger partial charge is 0.352 e. The van der Waals surface area contributed by atoms with Crippen molar-refractivity contribution in [1.29, 1.82) is 0 Å². The number of nitrogens with zero attached hydrogens (tertiary/aromatic N) is 2. The highest BCUT2D eigenvalue weighted by Crippen LogP contribution is 2.29. The van der Waals surface area contributed by atoms with Gasteiger partial charge in [-0.05, 0) is 35.9 Å². The predicted octanol–water partition coefficient (Wildman–Crippen LogP) is 4.18. The number of benzene rings is 1. The summed E-state index contributed by atoms with van der Waals surface area (Å²) in [5.41, 5.74) is 2.11. The van der Waals surface area contributed by atoms with E-state index in [1.807, 2.05) is 12.1 Å². The molecule has 164 valence electrons. The third-order valence-electron chi connectivity index (χ3n) is 4.77. The largest absolute Gasteiger partial charge is 0.493 e. The molecule has 3 aromatic rings. The molecule has 0 radical (unpaired) electrons. The molecule has 1 N–H and O–H groups in total. The maximum absolute atomic E-state index is 12.8. The lowest BCUT2D eigenvalue weighted by Gasteiger charge is -2.17. The number of carbonyl (C=O) groups excluding carboxylic acids is 2. The molecule has 4 rings (SSSR count).